The van der Waals surface area contributed by atoms with Crippen LogP contribution in [0.3, 0.4) is 0 Å². The Bertz CT molecular complexity index is 1150. The second-order valence-electron chi connectivity index (χ2n) is 6.70. The van der Waals surface area contributed by atoms with Crippen molar-refractivity contribution in [2.24, 2.45) is 0 Å². The first-order valence-electron chi connectivity index (χ1n) is 9.07. The largest absolute Gasteiger partial charge is 0.346 e. The topological polar surface area (TPSA) is 87.0 Å². The molecule has 146 valence electrons. The number of carbonyl (C=O) groups is 1. The molecule has 0 aromatic heterocycles. The Labute approximate surface area is 170 Å². The van der Waals surface area contributed by atoms with Crippen LogP contribution in [0.5, 0.6) is 0 Å². The van der Waals surface area contributed by atoms with Gasteiger partial charge in [0.15, 0.2) is 9.84 Å². The van der Waals surface area contributed by atoms with Crippen LogP contribution in [0, 0.1) is 11.3 Å². The molecule has 0 fully saturated rings. The number of sulfone groups is 1. The first-order chi connectivity index (χ1) is 13.9. The summed E-state index contributed by atoms with van der Waals surface area (Å²) in [7, 11) is -3.49. The Kier molecular flexibility index (Phi) is 6.10. The van der Waals surface area contributed by atoms with E-state index in [9.17, 15) is 13.2 Å². The molecule has 5 nitrogen and oxygen atoms in total. The third-order valence-corrected chi connectivity index (χ3v) is 6.24. The lowest BCUT2D eigenvalue weighted by molar-refractivity contribution is 0.0939. The summed E-state index contributed by atoms with van der Waals surface area (Å²) in [6, 6.07) is 23.7. The molecule has 0 heterocycles. The van der Waals surface area contributed by atoms with Crippen molar-refractivity contribution in [1.82, 2.24) is 5.32 Å². The van der Waals surface area contributed by atoms with Gasteiger partial charge in [0.25, 0.3) is 5.91 Å². The van der Waals surface area contributed by atoms with Crippen molar-refractivity contribution in [2.75, 3.05) is 0 Å². The van der Waals surface area contributed by atoms with Crippen LogP contribution in [0.25, 0.3) is 0 Å². The van der Waals surface area contributed by atoms with Gasteiger partial charge in [-0.2, -0.15) is 5.26 Å². The minimum absolute atomic E-state index is 0.177. The number of amides is 1. The fraction of sp³-hybridized carbons (Fsp3) is 0.130. The SMILES string of the molecule is CC(NC(=O)c1cccc(CS(=O)(=O)c2ccccc2)c1)c1ccc(C#N)cc1. The molecule has 1 atom stereocenters. The van der Waals surface area contributed by atoms with E-state index in [0.717, 1.165) is 5.56 Å². The molecule has 0 saturated carbocycles. The molecule has 0 aliphatic heterocycles. The number of hydrogen-bond acceptors (Lipinski definition) is 4. The zero-order valence-electron chi connectivity index (χ0n) is 15.9. The van der Waals surface area contributed by atoms with E-state index in [1.165, 1.54) is 0 Å². The van der Waals surface area contributed by atoms with Gasteiger partial charge < -0.3 is 5.32 Å². The van der Waals surface area contributed by atoms with Gasteiger partial charge in [0.2, 0.25) is 0 Å². The van der Waals surface area contributed by atoms with E-state index in [1.807, 2.05) is 6.92 Å². The third-order valence-electron chi connectivity index (χ3n) is 4.54. The predicted octanol–water partition coefficient (Wildman–Crippen LogP) is 4.02. The van der Waals surface area contributed by atoms with Crippen molar-refractivity contribution in [2.45, 2.75) is 23.6 Å². The van der Waals surface area contributed by atoms with Gasteiger partial charge in [-0.25, -0.2) is 8.42 Å². The van der Waals surface area contributed by atoms with Crippen LogP contribution in [0.2, 0.25) is 0 Å². The maximum atomic E-state index is 12.6. The molecule has 1 unspecified atom stereocenters. The van der Waals surface area contributed by atoms with Crippen molar-refractivity contribution in [3.8, 4) is 6.07 Å². The Morgan fingerprint density at radius 2 is 1.69 bits per heavy atom. The highest BCUT2D eigenvalue weighted by molar-refractivity contribution is 7.90. The van der Waals surface area contributed by atoms with E-state index in [-0.39, 0.29) is 22.6 Å². The number of nitriles is 1. The molecule has 0 aliphatic rings. The van der Waals surface area contributed by atoms with Crippen LogP contribution >= 0.6 is 0 Å². The lowest BCUT2D eigenvalue weighted by Crippen LogP contribution is -2.26. The van der Waals surface area contributed by atoms with Crippen LogP contribution < -0.4 is 5.32 Å². The fourth-order valence-corrected chi connectivity index (χ4v) is 4.30. The standard InChI is InChI=1S/C23H20N2O3S/c1-17(20-12-10-18(15-24)11-13-20)25-23(26)21-7-5-6-19(14-21)16-29(27,28)22-8-3-2-4-9-22/h2-14,17H,16H2,1H3,(H,25,26). The molecule has 3 aromatic rings. The Morgan fingerprint density at radius 1 is 1.00 bits per heavy atom. The summed E-state index contributed by atoms with van der Waals surface area (Å²) in [6.45, 7) is 1.85. The number of hydrogen-bond donors (Lipinski definition) is 1. The molecule has 0 saturated heterocycles. The lowest BCUT2D eigenvalue weighted by Gasteiger charge is -2.15. The molecule has 0 bridgehead atoms. The Hall–Kier alpha value is -3.43. The zero-order valence-corrected chi connectivity index (χ0v) is 16.7. The highest BCUT2D eigenvalue weighted by Crippen LogP contribution is 2.18. The number of benzene rings is 3. The molecule has 0 spiro atoms. The average Bonchev–Trinajstić information content (AvgIpc) is 2.74. The van der Waals surface area contributed by atoms with Crippen LogP contribution in [-0.2, 0) is 15.6 Å². The smallest absolute Gasteiger partial charge is 0.251 e. The second-order valence-corrected chi connectivity index (χ2v) is 8.69. The highest BCUT2D eigenvalue weighted by atomic mass is 32.2. The molecule has 6 heteroatoms. The molecule has 1 amide bonds. The van der Waals surface area contributed by atoms with Crippen LogP contribution in [0.15, 0.2) is 83.8 Å². The average molecular weight is 404 g/mol. The monoisotopic (exact) mass is 404 g/mol. The zero-order chi connectivity index (χ0) is 20.9. The van der Waals surface area contributed by atoms with Crippen LogP contribution in [-0.4, -0.2) is 14.3 Å². The van der Waals surface area contributed by atoms with Gasteiger partial charge in [0, 0.05) is 5.56 Å². The van der Waals surface area contributed by atoms with Crippen molar-refractivity contribution >= 4 is 15.7 Å². The van der Waals surface area contributed by atoms with E-state index in [2.05, 4.69) is 11.4 Å². The van der Waals surface area contributed by atoms with Crippen LogP contribution in [0.1, 0.15) is 40.0 Å². The minimum Gasteiger partial charge on any atom is -0.346 e. The van der Waals surface area contributed by atoms with Gasteiger partial charge in [-0.3, -0.25) is 4.79 Å². The Morgan fingerprint density at radius 3 is 2.34 bits per heavy atom. The number of nitrogens with zero attached hydrogens (tertiary/aromatic N) is 1. The first kappa shape index (κ1) is 20.3. The highest BCUT2D eigenvalue weighted by Gasteiger charge is 2.17. The molecular weight excluding hydrogens is 384 g/mol. The van der Waals surface area contributed by atoms with E-state index in [4.69, 9.17) is 5.26 Å². The van der Waals surface area contributed by atoms with E-state index < -0.39 is 9.84 Å². The number of rotatable bonds is 6. The van der Waals surface area contributed by atoms with Crippen molar-refractivity contribution < 1.29 is 13.2 Å². The van der Waals surface area contributed by atoms with Gasteiger partial charge in [-0.1, -0.05) is 42.5 Å². The summed E-state index contributed by atoms with van der Waals surface area (Å²) < 4.78 is 25.1. The van der Waals surface area contributed by atoms with Crippen molar-refractivity contribution in [3.05, 3.63) is 101 Å². The number of nitrogens with one attached hydrogen (secondary N) is 1. The normalized spacial score (nSPS) is 12.0. The van der Waals surface area contributed by atoms with Crippen molar-refractivity contribution in [3.63, 3.8) is 0 Å². The fourth-order valence-electron chi connectivity index (χ4n) is 2.94. The van der Waals surface area contributed by atoms with E-state index in [0.29, 0.717) is 16.7 Å². The maximum Gasteiger partial charge on any atom is 0.251 e. The summed E-state index contributed by atoms with van der Waals surface area (Å²) in [6.07, 6.45) is 0. The van der Waals surface area contributed by atoms with Gasteiger partial charge >= 0.3 is 0 Å². The van der Waals surface area contributed by atoms with Gasteiger partial charge in [-0.15, -0.1) is 0 Å². The second kappa shape index (κ2) is 8.72. The maximum absolute atomic E-state index is 12.6. The first-order valence-corrected chi connectivity index (χ1v) is 10.7. The summed E-state index contributed by atoms with van der Waals surface area (Å²) in [5, 5.41) is 11.8. The summed E-state index contributed by atoms with van der Waals surface area (Å²) in [5.74, 6) is -0.468. The number of carbonyl (C=O) groups excluding carboxylic acids is 1. The van der Waals surface area contributed by atoms with Crippen molar-refractivity contribution in [1.29, 1.82) is 5.26 Å². The van der Waals surface area contributed by atoms with Gasteiger partial charge in [0.05, 0.1) is 28.3 Å². The van der Waals surface area contributed by atoms with Crippen LogP contribution in [0.4, 0.5) is 0 Å². The molecule has 0 radical (unpaired) electrons. The van der Waals surface area contributed by atoms with Gasteiger partial charge in [0.1, 0.15) is 0 Å². The molecule has 1 N–H and O–H groups in total. The van der Waals surface area contributed by atoms with E-state index >= 15 is 0 Å². The quantitative estimate of drug-likeness (QED) is 0.672. The summed E-state index contributed by atoms with van der Waals surface area (Å²) in [5.41, 5.74) is 2.37. The molecule has 29 heavy (non-hydrogen) atoms. The molecule has 0 aliphatic carbocycles. The lowest BCUT2D eigenvalue weighted by atomic mass is 10.1. The minimum atomic E-state index is -3.49. The van der Waals surface area contributed by atoms with E-state index in [1.54, 1.807) is 78.9 Å². The van der Waals surface area contributed by atoms with Gasteiger partial charge in [-0.05, 0) is 54.4 Å². The summed E-state index contributed by atoms with van der Waals surface area (Å²) >= 11 is 0. The predicted molar refractivity (Wildman–Crippen MR) is 111 cm³/mol. The molecule has 3 aromatic carbocycles. The third kappa shape index (κ3) is 5.09. The molecule has 3 rings (SSSR count). The molecular formula is C23H20N2O3S. The Balaban J connectivity index is 1.73. The summed E-state index contributed by atoms with van der Waals surface area (Å²) in [4.78, 5) is 12.9.